The third-order valence-electron chi connectivity index (χ3n) is 4.63. The second-order valence-electron chi connectivity index (χ2n) is 5.92. The van der Waals surface area contributed by atoms with Crippen LogP contribution in [0.3, 0.4) is 0 Å². The van der Waals surface area contributed by atoms with Crippen molar-refractivity contribution < 1.29 is 0 Å². The highest BCUT2D eigenvalue weighted by Crippen LogP contribution is 2.44. The standard InChI is InChI=1S/C19H17Br/c1-12-2-6-16-13(10-12)3-7-19-17-9-5-15(20)11-14(17)4-8-18(16)19/h2,5-6,9-11H,3-4,7-8H2,1H3. The minimum Gasteiger partial charge on any atom is -0.0587 e. The second-order valence-corrected chi connectivity index (χ2v) is 6.83. The molecule has 0 fully saturated rings. The van der Waals surface area contributed by atoms with Crippen LogP contribution in [0.15, 0.2) is 40.9 Å². The van der Waals surface area contributed by atoms with Crippen LogP contribution in [0.1, 0.15) is 40.7 Å². The Labute approximate surface area is 128 Å². The molecule has 0 amide bonds. The van der Waals surface area contributed by atoms with Crippen molar-refractivity contribution in [1.82, 2.24) is 0 Å². The van der Waals surface area contributed by atoms with E-state index in [1.54, 1.807) is 16.7 Å². The zero-order valence-electron chi connectivity index (χ0n) is 11.7. The van der Waals surface area contributed by atoms with Gasteiger partial charge in [0.2, 0.25) is 0 Å². The minimum absolute atomic E-state index is 1.17. The number of hydrogen-bond donors (Lipinski definition) is 0. The average molecular weight is 325 g/mol. The molecule has 0 aromatic heterocycles. The zero-order chi connectivity index (χ0) is 13.7. The lowest BCUT2D eigenvalue weighted by Gasteiger charge is -2.29. The predicted molar refractivity (Wildman–Crippen MR) is 88.8 cm³/mol. The zero-order valence-corrected chi connectivity index (χ0v) is 13.3. The maximum Gasteiger partial charge on any atom is 0.0178 e. The minimum atomic E-state index is 1.17. The van der Waals surface area contributed by atoms with Crippen molar-refractivity contribution in [3.8, 4) is 0 Å². The highest BCUT2D eigenvalue weighted by Gasteiger charge is 2.24. The van der Waals surface area contributed by atoms with Gasteiger partial charge in [0.1, 0.15) is 0 Å². The van der Waals surface area contributed by atoms with Crippen molar-refractivity contribution in [2.45, 2.75) is 32.6 Å². The van der Waals surface area contributed by atoms with Gasteiger partial charge in [0.05, 0.1) is 0 Å². The lowest BCUT2D eigenvalue weighted by Crippen LogP contribution is -2.11. The fraction of sp³-hybridized carbons (Fsp3) is 0.263. The Morgan fingerprint density at radius 2 is 1.35 bits per heavy atom. The van der Waals surface area contributed by atoms with Gasteiger partial charge in [-0.1, -0.05) is 45.8 Å². The van der Waals surface area contributed by atoms with Crippen LogP contribution in [-0.2, 0) is 12.8 Å². The van der Waals surface area contributed by atoms with E-state index in [-0.39, 0.29) is 0 Å². The van der Waals surface area contributed by atoms with Crippen molar-refractivity contribution in [2.75, 3.05) is 0 Å². The van der Waals surface area contributed by atoms with Gasteiger partial charge in [0.15, 0.2) is 0 Å². The monoisotopic (exact) mass is 324 g/mol. The summed E-state index contributed by atoms with van der Waals surface area (Å²) in [6.45, 7) is 2.19. The first-order valence-electron chi connectivity index (χ1n) is 7.33. The quantitative estimate of drug-likeness (QED) is 0.595. The largest absolute Gasteiger partial charge is 0.0587 e. The molecule has 2 aliphatic carbocycles. The molecule has 0 heterocycles. The van der Waals surface area contributed by atoms with Gasteiger partial charge in [-0.15, -0.1) is 0 Å². The van der Waals surface area contributed by atoms with E-state index in [9.17, 15) is 0 Å². The fourth-order valence-corrected chi connectivity index (χ4v) is 4.11. The summed E-state index contributed by atoms with van der Waals surface area (Å²) >= 11 is 3.60. The molecular formula is C19H17Br. The van der Waals surface area contributed by atoms with Crippen LogP contribution in [0.4, 0.5) is 0 Å². The Morgan fingerprint density at radius 1 is 0.750 bits per heavy atom. The summed E-state index contributed by atoms with van der Waals surface area (Å²) in [6.07, 6.45) is 4.74. The molecule has 0 unspecified atom stereocenters. The van der Waals surface area contributed by atoms with Crippen LogP contribution < -0.4 is 0 Å². The van der Waals surface area contributed by atoms with Gasteiger partial charge >= 0.3 is 0 Å². The summed E-state index contributed by atoms with van der Waals surface area (Å²) in [7, 11) is 0. The number of rotatable bonds is 0. The first-order chi connectivity index (χ1) is 9.72. The van der Waals surface area contributed by atoms with Crippen molar-refractivity contribution in [3.05, 3.63) is 68.7 Å². The molecule has 0 N–H and O–H groups in total. The fourth-order valence-electron chi connectivity index (χ4n) is 3.70. The molecule has 20 heavy (non-hydrogen) atoms. The molecule has 2 aromatic carbocycles. The van der Waals surface area contributed by atoms with Crippen molar-refractivity contribution in [2.24, 2.45) is 0 Å². The van der Waals surface area contributed by atoms with E-state index in [0.717, 1.165) is 0 Å². The van der Waals surface area contributed by atoms with Crippen LogP contribution >= 0.6 is 15.9 Å². The van der Waals surface area contributed by atoms with E-state index in [1.165, 1.54) is 52.4 Å². The van der Waals surface area contributed by atoms with Crippen LogP contribution in [0.5, 0.6) is 0 Å². The average Bonchev–Trinajstić information content (AvgIpc) is 2.45. The van der Waals surface area contributed by atoms with Gasteiger partial charge in [-0.3, -0.25) is 0 Å². The summed E-state index contributed by atoms with van der Waals surface area (Å²) in [5.74, 6) is 0. The van der Waals surface area contributed by atoms with Crippen molar-refractivity contribution in [1.29, 1.82) is 0 Å². The molecule has 1 heteroatoms. The Kier molecular flexibility index (Phi) is 2.85. The summed E-state index contributed by atoms with van der Waals surface area (Å²) in [4.78, 5) is 0. The molecule has 4 rings (SSSR count). The SMILES string of the molecule is Cc1ccc2c(c1)CCC1=C2CCc2cc(Br)ccc21. The van der Waals surface area contributed by atoms with Gasteiger partial charge in [-0.25, -0.2) is 0 Å². The molecule has 0 saturated heterocycles. The van der Waals surface area contributed by atoms with Crippen LogP contribution in [0.25, 0.3) is 11.1 Å². The molecule has 0 atom stereocenters. The maximum absolute atomic E-state index is 3.60. The Bertz CT molecular complexity index is 674. The molecule has 0 aliphatic heterocycles. The maximum atomic E-state index is 3.60. The van der Waals surface area contributed by atoms with E-state index in [1.807, 2.05) is 0 Å². The number of aryl methyl sites for hydroxylation is 3. The number of fused-ring (bicyclic) bond motifs is 4. The normalized spacial score (nSPS) is 16.5. The van der Waals surface area contributed by atoms with Gasteiger partial charge < -0.3 is 0 Å². The van der Waals surface area contributed by atoms with Crippen LogP contribution in [0, 0.1) is 6.92 Å². The number of hydrogen-bond acceptors (Lipinski definition) is 0. The van der Waals surface area contributed by atoms with Gasteiger partial charge in [0, 0.05) is 4.47 Å². The highest BCUT2D eigenvalue weighted by molar-refractivity contribution is 9.10. The van der Waals surface area contributed by atoms with Crippen LogP contribution in [0.2, 0.25) is 0 Å². The molecule has 2 aliphatic rings. The second kappa shape index (κ2) is 4.60. The van der Waals surface area contributed by atoms with E-state index in [0.29, 0.717) is 0 Å². The molecular weight excluding hydrogens is 308 g/mol. The molecule has 2 aromatic rings. The molecule has 0 saturated carbocycles. The van der Waals surface area contributed by atoms with E-state index in [2.05, 4.69) is 59.3 Å². The lowest BCUT2D eigenvalue weighted by atomic mass is 9.75. The van der Waals surface area contributed by atoms with Gasteiger partial charge in [-0.2, -0.15) is 0 Å². The van der Waals surface area contributed by atoms with Gasteiger partial charge in [0.25, 0.3) is 0 Å². The molecule has 0 radical (unpaired) electrons. The number of allylic oxidation sites excluding steroid dienone is 2. The molecule has 0 spiro atoms. The summed E-state index contributed by atoms with van der Waals surface area (Å²) in [6, 6.07) is 13.7. The third-order valence-corrected chi connectivity index (χ3v) is 5.12. The van der Waals surface area contributed by atoms with E-state index >= 15 is 0 Å². The summed E-state index contributed by atoms with van der Waals surface area (Å²) in [5.41, 5.74) is 10.6. The predicted octanol–water partition coefficient (Wildman–Crippen LogP) is 5.56. The lowest BCUT2D eigenvalue weighted by molar-refractivity contribution is 0.917. The molecule has 100 valence electrons. The first kappa shape index (κ1) is 12.4. The molecule has 0 nitrogen and oxygen atoms in total. The summed E-state index contributed by atoms with van der Waals surface area (Å²) in [5, 5.41) is 0. The highest BCUT2D eigenvalue weighted by atomic mass is 79.9. The number of benzene rings is 2. The van der Waals surface area contributed by atoms with Crippen LogP contribution in [-0.4, -0.2) is 0 Å². The number of halogens is 1. The first-order valence-corrected chi connectivity index (χ1v) is 8.12. The smallest absolute Gasteiger partial charge is 0.0178 e. The van der Waals surface area contributed by atoms with Crippen molar-refractivity contribution in [3.63, 3.8) is 0 Å². The Balaban J connectivity index is 1.91. The Hall–Kier alpha value is -1.34. The third kappa shape index (κ3) is 1.88. The van der Waals surface area contributed by atoms with Gasteiger partial charge in [-0.05, 0) is 78.1 Å². The van der Waals surface area contributed by atoms with E-state index < -0.39 is 0 Å². The summed E-state index contributed by atoms with van der Waals surface area (Å²) < 4.78 is 1.20. The van der Waals surface area contributed by atoms with E-state index in [4.69, 9.17) is 0 Å². The topological polar surface area (TPSA) is 0 Å². The Morgan fingerprint density at radius 3 is 2.05 bits per heavy atom. The molecule has 0 bridgehead atoms. The van der Waals surface area contributed by atoms with Crippen molar-refractivity contribution >= 4 is 27.1 Å².